The van der Waals surface area contributed by atoms with Crippen molar-refractivity contribution in [2.75, 3.05) is 0 Å². The van der Waals surface area contributed by atoms with E-state index in [2.05, 4.69) is 159 Å². The molecule has 0 aliphatic carbocycles. The van der Waals surface area contributed by atoms with Crippen LogP contribution in [0.4, 0.5) is 5.69 Å². The van der Waals surface area contributed by atoms with Crippen LogP contribution in [0.15, 0.2) is 121 Å². The minimum Gasteiger partial charge on any atom is -0.309 e. The molecular formula is C46H38N4. The normalized spacial score (nSPS) is 12.2. The van der Waals surface area contributed by atoms with Gasteiger partial charge in [-0.05, 0) is 99.8 Å². The van der Waals surface area contributed by atoms with Gasteiger partial charge in [-0.2, -0.15) is 5.26 Å². The number of fused-ring (bicyclic) bond motifs is 6. The van der Waals surface area contributed by atoms with Crippen LogP contribution in [0.1, 0.15) is 58.2 Å². The van der Waals surface area contributed by atoms with Crippen LogP contribution in [-0.4, -0.2) is 9.13 Å². The van der Waals surface area contributed by atoms with E-state index in [4.69, 9.17) is 6.57 Å². The van der Waals surface area contributed by atoms with E-state index in [0.717, 1.165) is 44.6 Å². The molecule has 6 aromatic carbocycles. The summed E-state index contributed by atoms with van der Waals surface area (Å²) >= 11 is 0. The number of benzene rings is 6. The van der Waals surface area contributed by atoms with Crippen molar-refractivity contribution >= 4 is 49.3 Å². The summed E-state index contributed by atoms with van der Waals surface area (Å²) in [5.74, 6) is 0. The fourth-order valence-electron chi connectivity index (χ4n) is 7.40. The monoisotopic (exact) mass is 646 g/mol. The zero-order valence-electron chi connectivity index (χ0n) is 29.3. The van der Waals surface area contributed by atoms with Gasteiger partial charge < -0.3 is 9.13 Å². The summed E-state index contributed by atoms with van der Waals surface area (Å²) < 4.78 is 4.56. The number of aromatic nitrogens is 2. The van der Waals surface area contributed by atoms with Crippen LogP contribution in [0, 0.1) is 17.9 Å². The topological polar surface area (TPSA) is 38.0 Å². The van der Waals surface area contributed by atoms with E-state index in [0.29, 0.717) is 11.3 Å². The predicted molar refractivity (Wildman–Crippen MR) is 209 cm³/mol. The second-order valence-electron chi connectivity index (χ2n) is 15.3. The molecule has 50 heavy (non-hydrogen) atoms. The van der Waals surface area contributed by atoms with E-state index in [1.807, 2.05) is 24.3 Å². The van der Waals surface area contributed by atoms with Gasteiger partial charge in [-0.25, -0.2) is 4.85 Å². The summed E-state index contributed by atoms with van der Waals surface area (Å²) in [6.45, 7) is 21.6. The first-order valence-electron chi connectivity index (χ1n) is 17.1. The third-order valence-electron chi connectivity index (χ3n) is 10.1. The Morgan fingerprint density at radius 1 is 0.520 bits per heavy atom. The Labute approximate surface area is 293 Å². The van der Waals surface area contributed by atoms with Gasteiger partial charge in [0, 0.05) is 32.9 Å². The van der Waals surface area contributed by atoms with Crippen LogP contribution in [0.5, 0.6) is 0 Å². The first-order chi connectivity index (χ1) is 24.0. The van der Waals surface area contributed by atoms with Crippen molar-refractivity contribution in [3.05, 3.63) is 149 Å². The molecule has 0 spiro atoms. The molecule has 0 fully saturated rings. The average molecular weight is 647 g/mol. The number of nitriles is 1. The lowest BCUT2D eigenvalue weighted by atomic mass is 9.86. The zero-order valence-corrected chi connectivity index (χ0v) is 29.3. The Kier molecular flexibility index (Phi) is 7.00. The van der Waals surface area contributed by atoms with Crippen molar-refractivity contribution in [1.82, 2.24) is 9.13 Å². The molecule has 0 atom stereocenters. The molecule has 0 N–H and O–H groups in total. The highest BCUT2D eigenvalue weighted by Gasteiger charge is 2.21. The van der Waals surface area contributed by atoms with Crippen LogP contribution in [0.2, 0.25) is 0 Å². The Hall–Kier alpha value is -6.10. The van der Waals surface area contributed by atoms with Crippen molar-refractivity contribution in [3.63, 3.8) is 0 Å². The molecule has 0 bridgehead atoms. The number of hydrogen-bond donors (Lipinski definition) is 0. The second-order valence-corrected chi connectivity index (χ2v) is 15.3. The lowest BCUT2D eigenvalue weighted by molar-refractivity contribution is 0.591. The van der Waals surface area contributed by atoms with Crippen LogP contribution in [0.25, 0.3) is 71.0 Å². The summed E-state index contributed by atoms with van der Waals surface area (Å²) in [5, 5.41) is 15.2. The lowest BCUT2D eigenvalue weighted by Gasteiger charge is -2.19. The van der Waals surface area contributed by atoms with Gasteiger partial charge in [0.25, 0.3) is 0 Å². The van der Waals surface area contributed by atoms with E-state index in [-0.39, 0.29) is 10.8 Å². The smallest absolute Gasteiger partial charge is 0.195 e. The maximum Gasteiger partial charge on any atom is 0.195 e. The summed E-state index contributed by atoms with van der Waals surface area (Å²) in [4.78, 5) is 3.96. The van der Waals surface area contributed by atoms with Gasteiger partial charge in [0.1, 0.15) is 0 Å². The molecule has 0 amide bonds. The molecule has 8 rings (SSSR count). The quantitative estimate of drug-likeness (QED) is 0.176. The van der Waals surface area contributed by atoms with E-state index in [1.165, 1.54) is 32.7 Å². The SMILES string of the molecule is [C-]#[N+]c1ccc(-n2c3ccccc3c3cc(C(C)(C)C)ccc32)cc1-c1cc(-n2c3ccccc3c3cc(C(C)(C)C)ccc32)ccc1C#N. The van der Waals surface area contributed by atoms with Crippen LogP contribution < -0.4 is 0 Å². The highest BCUT2D eigenvalue weighted by molar-refractivity contribution is 6.11. The number of rotatable bonds is 3. The standard InChI is InChI=1S/C46H38N4/c1-45(2,3)30-17-22-43-38(24-30)34-12-8-10-14-41(34)49(43)32-19-16-29(28-47)36(26-32)37-27-33(20-21-40(37)48-7)50-42-15-11-9-13-35(42)39-25-31(46(4,5)6)18-23-44(39)50/h8-27H,1-6H3. The van der Waals surface area contributed by atoms with Gasteiger partial charge in [0.05, 0.1) is 40.3 Å². The van der Waals surface area contributed by atoms with Crippen LogP contribution in [0.3, 0.4) is 0 Å². The maximum atomic E-state index is 10.4. The minimum absolute atomic E-state index is 0.0193. The van der Waals surface area contributed by atoms with Gasteiger partial charge in [0.15, 0.2) is 5.69 Å². The Bertz CT molecular complexity index is 2550. The van der Waals surface area contributed by atoms with Crippen molar-refractivity contribution < 1.29 is 0 Å². The highest BCUT2D eigenvalue weighted by atomic mass is 15.0. The van der Waals surface area contributed by atoms with Gasteiger partial charge in [-0.1, -0.05) is 96.1 Å². The van der Waals surface area contributed by atoms with Crippen molar-refractivity contribution in [3.8, 4) is 28.6 Å². The van der Waals surface area contributed by atoms with E-state index < -0.39 is 0 Å². The number of hydrogen-bond acceptors (Lipinski definition) is 1. The summed E-state index contributed by atoms with van der Waals surface area (Å²) in [6.07, 6.45) is 0. The van der Waals surface area contributed by atoms with E-state index >= 15 is 0 Å². The third-order valence-corrected chi connectivity index (χ3v) is 10.1. The Morgan fingerprint density at radius 2 is 0.980 bits per heavy atom. The highest BCUT2D eigenvalue weighted by Crippen LogP contribution is 2.41. The molecule has 0 radical (unpaired) electrons. The van der Waals surface area contributed by atoms with Crippen molar-refractivity contribution in [2.24, 2.45) is 0 Å². The molecular weight excluding hydrogens is 609 g/mol. The molecule has 0 aliphatic heterocycles. The molecule has 0 aliphatic rings. The second kappa shape index (κ2) is 11.2. The Balaban J connectivity index is 1.37. The fourth-order valence-corrected chi connectivity index (χ4v) is 7.40. The van der Waals surface area contributed by atoms with Crippen LogP contribution in [-0.2, 0) is 10.8 Å². The molecule has 2 heterocycles. The summed E-state index contributed by atoms with van der Waals surface area (Å²) in [6, 6.07) is 44.9. The third kappa shape index (κ3) is 4.88. The summed E-state index contributed by atoms with van der Waals surface area (Å²) in [5.41, 5.74) is 11.4. The minimum atomic E-state index is 0.0193. The van der Waals surface area contributed by atoms with Crippen LogP contribution >= 0.6 is 0 Å². The van der Waals surface area contributed by atoms with Gasteiger partial charge >= 0.3 is 0 Å². The molecule has 242 valence electrons. The largest absolute Gasteiger partial charge is 0.309 e. The molecule has 0 saturated carbocycles. The van der Waals surface area contributed by atoms with Gasteiger partial charge in [0.2, 0.25) is 0 Å². The first kappa shape index (κ1) is 31.2. The van der Waals surface area contributed by atoms with Gasteiger partial charge in [-0.3, -0.25) is 0 Å². The molecule has 0 saturated heterocycles. The number of nitrogens with zero attached hydrogens (tertiary/aromatic N) is 4. The number of para-hydroxylation sites is 2. The predicted octanol–water partition coefficient (Wildman–Crippen LogP) is 12.6. The molecule has 2 aromatic heterocycles. The molecule has 8 aromatic rings. The van der Waals surface area contributed by atoms with E-state index in [1.54, 1.807) is 0 Å². The first-order valence-corrected chi connectivity index (χ1v) is 17.1. The average Bonchev–Trinajstić information content (AvgIpc) is 3.62. The van der Waals surface area contributed by atoms with E-state index in [9.17, 15) is 5.26 Å². The molecule has 0 unspecified atom stereocenters. The van der Waals surface area contributed by atoms with Crippen molar-refractivity contribution in [2.45, 2.75) is 52.4 Å². The zero-order chi connectivity index (χ0) is 34.9. The lowest BCUT2D eigenvalue weighted by Crippen LogP contribution is -2.10. The van der Waals surface area contributed by atoms with Gasteiger partial charge in [-0.15, -0.1) is 0 Å². The maximum absolute atomic E-state index is 10.4. The summed E-state index contributed by atoms with van der Waals surface area (Å²) in [7, 11) is 0. The Morgan fingerprint density at radius 3 is 1.46 bits per heavy atom. The fraction of sp³-hybridized carbons (Fsp3) is 0.174. The molecule has 4 heteroatoms. The molecule has 4 nitrogen and oxygen atoms in total. The van der Waals surface area contributed by atoms with Crippen molar-refractivity contribution in [1.29, 1.82) is 5.26 Å².